The molecule has 1 aliphatic rings. The van der Waals surface area contributed by atoms with E-state index in [1.54, 1.807) is 0 Å². The highest BCUT2D eigenvalue weighted by molar-refractivity contribution is 5.79. The van der Waals surface area contributed by atoms with Crippen LogP contribution in [0.15, 0.2) is 4.99 Å². The first-order chi connectivity index (χ1) is 12.1. The monoisotopic (exact) mass is 362 g/mol. The topological polar surface area (TPSA) is 57.5 Å². The van der Waals surface area contributed by atoms with Gasteiger partial charge in [-0.25, -0.2) is 0 Å². The normalized spacial score (nSPS) is 22.5. The lowest BCUT2D eigenvalue weighted by molar-refractivity contribution is 0.0483. The molecule has 0 aromatic carbocycles. The summed E-state index contributed by atoms with van der Waals surface area (Å²) in [6.07, 6.45) is 1.34. The van der Waals surface area contributed by atoms with Crippen molar-refractivity contribution in [3.8, 4) is 0 Å². The molecule has 26 heavy (non-hydrogen) atoms. The van der Waals surface area contributed by atoms with Crippen molar-refractivity contribution in [3.05, 3.63) is 17.0 Å². The number of likely N-dealkylation sites (tertiary alicyclic amines) is 1. The van der Waals surface area contributed by atoms with Crippen molar-refractivity contribution in [1.29, 1.82) is 0 Å². The Bertz CT molecular complexity index is 620. The Hall–Kier alpha value is -1.56. The fourth-order valence-corrected chi connectivity index (χ4v) is 4.04. The summed E-state index contributed by atoms with van der Waals surface area (Å²) in [4.78, 5) is 7.02. The molecule has 6 heteroatoms. The Balaban J connectivity index is 1.91. The molecule has 1 saturated heterocycles. The van der Waals surface area contributed by atoms with Crippen molar-refractivity contribution in [2.24, 2.45) is 23.9 Å². The smallest absolute Gasteiger partial charge is 0.191 e. The highest BCUT2D eigenvalue weighted by Gasteiger charge is 2.32. The van der Waals surface area contributed by atoms with Crippen LogP contribution < -0.4 is 10.6 Å². The van der Waals surface area contributed by atoms with Gasteiger partial charge in [-0.2, -0.15) is 5.10 Å². The third-order valence-electron chi connectivity index (χ3n) is 5.73. The van der Waals surface area contributed by atoms with Crippen molar-refractivity contribution in [3.63, 3.8) is 0 Å². The van der Waals surface area contributed by atoms with Gasteiger partial charge in [0.1, 0.15) is 0 Å². The van der Waals surface area contributed by atoms with Crippen molar-refractivity contribution in [1.82, 2.24) is 25.3 Å². The van der Waals surface area contributed by atoms with E-state index >= 15 is 0 Å². The van der Waals surface area contributed by atoms with Crippen LogP contribution in [0.4, 0.5) is 0 Å². The van der Waals surface area contributed by atoms with Crippen molar-refractivity contribution in [2.75, 3.05) is 26.7 Å². The number of nitrogens with zero attached hydrogens (tertiary/aromatic N) is 4. The Labute approximate surface area is 159 Å². The largest absolute Gasteiger partial charge is 0.355 e. The third kappa shape index (κ3) is 5.00. The van der Waals surface area contributed by atoms with E-state index in [4.69, 9.17) is 0 Å². The second-order valence-electron chi connectivity index (χ2n) is 8.72. The average Bonchev–Trinajstić information content (AvgIpc) is 2.79. The molecule has 1 fully saturated rings. The summed E-state index contributed by atoms with van der Waals surface area (Å²) in [5.74, 6) is 2.39. The molecule has 2 atom stereocenters. The van der Waals surface area contributed by atoms with Gasteiger partial charge in [-0.3, -0.25) is 14.6 Å². The summed E-state index contributed by atoms with van der Waals surface area (Å²) < 4.78 is 1.93. The molecule has 0 radical (unpaired) electrons. The number of nitrogens with one attached hydrogen (secondary N) is 2. The zero-order chi connectivity index (χ0) is 19.5. The molecule has 0 aliphatic carbocycles. The van der Waals surface area contributed by atoms with E-state index in [2.05, 4.69) is 67.2 Å². The molecule has 148 valence electrons. The summed E-state index contributed by atoms with van der Waals surface area (Å²) >= 11 is 0. The molecule has 2 heterocycles. The summed E-state index contributed by atoms with van der Waals surface area (Å²) in [5.41, 5.74) is 3.61. The Morgan fingerprint density at radius 2 is 1.81 bits per heavy atom. The zero-order valence-electron chi connectivity index (χ0n) is 18.0. The van der Waals surface area contributed by atoms with E-state index < -0.39 is 0 Å². The van der Waals surface area contributed by atoms with E-state index in [1.807, 2.05) is 18.8 Å². The highest BCUT2D eigenvalue weighted by Crippen LogP contribution is 2.26. The van der Waals surface area contributed by atoms with Crippen LogP contribution in [0, 0.1) is 25.7 Å². The molecule has 1 aromatic rings. The maximum absolute atomic E-state index is 4.48. The zero-order valence-corrected chi connectivity index (χ0v) is 18.0. The summed E-state index contributed by atoms with van der Waals surface area (Å²) in [6, 6.07) is 0. The fourth-order valence-electron chi connectivity index (χ4n) is 4.04. The number of hydrogen-bond donors (Lipinski definition) is 2. The van der Waals surface area contributed by atoms with Crippen molar-refractivity contribution < 1.29 is 0 Å². The van der Waals surface area contributed by atoms with Crippen molar-refractivity contribution in [2.45, 2.75) is 60.0 Å². The van der Waals surface area contributed by atoms with Gasteiger partial charge in [-0.05, 0) is 46.0 Å². The standard InChI is InChI=1S/C20H38N6/c1-14-9-15(2)12-26(11-14)20(5,6)13-23-19(21-7)22-10-18-16(3)24-25(8)17(18)4/h14-15H,9-13H2,1-8H3,(H2,21,22,23). The van der Waals surface area contributed by atoms with Gasteiger partial charge >= 0.3 is 0 Å². The molecule has 0 spiro atoms. The number of aliphatic imine (C=N–C) groups is 1. The van der Waals surface area contributed by atoms with Gasteiger partial charge < -0.3 is 10.6 Å². The van der Waals surface area contributed by atoms with E-state index in [0.29, 0.717) is 0 Å². The Morgan fingerprint density at radius 1 is 1.19 bits per heavy atom. The second-order valence-corrected chi connectivity index (χ2v) is 8.72. The number of hydrogen-bond acceptors (Lipinski definition) is 3. The molecule has 2 N–H and O–H groups in total. The Morgan fingerprint density at radius 3 is 2.31 bits per heavy atom. The van der Waals surface area contributed by atoms with Crippen LogP contribution in [0.5, 0.6) is 0 Å². The van der Waals surface area contributed by atoms with E-state index in [-0.39, 0.29) is 5.54 Å². The number of aryl methyl sites for hydroxylation is 2. The van der Waals surface area contributed by atoms with Gasteiger partial charge in [0.05, 0.1) is 5.69 Å². The predicted octanol–water partition coefficient (Wildman–Crippen LogP) is 2.46. The molecule has 2 rings (SSSR count). The maximum Gasteiger partial charge on any atom is 0.191 e. The summed E-state index contributed by atoms with van der Waals surface area (Å²) in [7, 11) is 3.82. The van der Waals surface area contributed by atoms with Gasteiger partial charge in [-0.15, -0.1) is 0 Å². The molecule has 2 unspecified atom stereocenters. The predicted molar refractivity (Wildman–Crippen MR) is 109 cm³/mol. The maximum atomic E-state index is 4.48. The second kappa shape index (κ2) is 8.42. The highest BCUT2D eigenvalue weighted by atomic mass is 15.3. The first kappa shape index (κ1) is 20.7. The molecular formula is C20H38N6. The van der Waals surface area contributed by atoms with E-state index in [1.165, 1.54) is 30.8 Å². The minimum absolute atomic E-state index is 0.0979. The van der Waals surface area contributed by atoms with Gasteiger partial charge in [0.25, 0.3) is 0 Å². The minimum Gasteiger partial charge on any atom is -0.355 e. The molecule has 1 aliphatic heterocycles. The van der Waals surface area contributed by atoms with Gasteiger partial charge in [0, 0.05) is 57.1 Å². The average molecular weight is 363 g/mol. The lowest BCUT2D eigenvalue weighted by Gasteiger charge is -2.45. The SMILES string of the molecule is CN=C(NCc1c(C)nn(C)c1C)NCC(C)(C)N1CC(C)CC(C)C1. The molecule has 6 nitrogen and oxygen atoms in total. The summed E-state index contributed by atoms with van der Waals surface area (Å²) in [5, 5.41) is 11.4. The molecule has 0 amide bonds. The van der Waals surface area contributed by atoms with Crippen LogP contribution in [0.25, 0.3) is 0 Å². The van der Waals surface area contributed by atoms with E-state index in [9.17, 15) is 0 Å². The number of aromatic nitrogens is 2. The number of piperidine rings is 1. The van der Waals surface area contributed by atoms with Crippen LogP contribution in [0.2, 0.25) is 0 Å². The van der Waals surface area contributed by atoms with Crippen LogP contribution in [-0.2, 0) is 13.6 Å². The van der Waals surface area contributed by atoms with Gasteiger partial charge in [-0.1, -0.05) is 13.8 Å². The summed E-state index contributed by atoms with van der Waals surface area (Å²) in [6.45, 7) is 17.5. The van der Waals surface area contributed by atoms with Crippen LogP contribution in [0.1, 0.15) is 51.1 Å². The van der Waals surface area contributed by atoms with Crippen LogP contribution >= 0.6 is 0 Å². The van der Waals surface area contributed by atoms with Gasteiger partial charge in [0.15, 0.2) is 5.96 Å². The molecule has 0 saturated carbocycles. The van der Waals surface area contributed by atoms with Crippen LogP contribution in [-0.4, -0.2) is 52.9 Å². The lowest BCUT2D eigenvalue weighted by atomic mass is 9.88. The van der Waals surface area contributed by atoms with Gasteiger partial charge in [0.2, 0.25) is 0 Å². The molecule has 0 bridgehead atoms. The lowest BCUT2D eigenvalue weighted by Crippen LogP contribution is -2.57. The van der Waals surface area contributed by atoms with Crippen molar-refractivity contribution >= 4 is 5.96 Å². The van der Waals surface area contributed by atoms with Crippen LogP contribution in [0.3, 0.4) is 0 Å². The third-order valence-corrected chi connectivity index (χ3v) is 5.73. The molecular weight excluding hydrogens is 324 g/mol. The first-order valence-corrected chi connectivity index (χ1v) is 9.82. The fraction of sp³-hybridized carbons (Fsp3) is 0.800. The van der Waals surface area contributed by atoms with E-state index in [0.717, 1.165) is 36.6 Å². The number of rotatable bonds is 5. The Kier molecular flexibility index (Phi) is 6.72. The quantitative estimate of drug-likeness (QED) is 0.624. The number of guanidine groups is 1. The first-order valence-electron chi connectivity index (χ1n) is 9.82. The minimum atomic E-state index is 0.0979. The molecule has 1 aromatic heterocycles.